The number of rotatable bonds is 8. The normalized spacial score (nSPS) is 12.7. The average molecular weight is 384 g/mol. The van der Waals surface area contributed by atoms with Gasteiger partial charge in [-0.05, 0) is 30.0 Å². The molecule has 28 heavy (non-hydrogen) atoms. The number of anilines is 1. The highest BCUT2D eigenvalue weighted by Gasteiger charge is 2.27. The molecule has 0 saturated heterocycles. The third kappa shape index (κ3) is 5.39. The number of esters is 1. The van der Waals surface area contributed by atoms with Gasteiger partial charge < -0.3 is 10.1 Å². The van der Waals surface area contributed by atoms with Gasteiger partial charge in [-0.2, -0.15) is 0 Å². The second-order valence-electron chi connectivity index (χ2n) is 6.69. The molecule has 1 N–H and O–H groups in total. The first-order chi connectivity index (χ1) is 13.3. The largest absolute Gasteiger partial charge is 0.455 e. The summed E-state index contributed by atoms with van der Waals surface area (Å²) in [5.74, 6) is -1.33. The van der Waals surface area contributed by atoms with E-state index in [4.69, 9.17) is 4.74 Å². The number of carbonyl (C=O) groups excluding carboxylic acids is 2. The zero-order valence-corrected chi connectivity index (χ0v) is 16.2. The number of ether oxygens (including phenoxy) is 1. The van der Waals surface area contributed by atoms with Gasteiger partial charge in [0.05, 0.1) is 10.8 Å². The number of benzene rings is 2. The molecule has 0 aliphatic rings. The summed E-state index contributed by atoms with van der Waals surface area (Å²) in [6, 6.07) is 13.5. The van der Waals surface area contributed by atoms with E-state index in [-0.39, 0.29) is 11.6 Å². The van der Waals surface area contributed by atoms with Crippen LogP contribution in [0.2, 0.25) is 0 Å². The summed E-state index contributed by atoms with van der Waals surface area (Å²) >= 11 is 0. The molecule has 0 saturated carbocycles. The highest BCUT2D eigenvalue weighted by molar-refractivity contribution is 5.94. The van der Waals surface area contributed by atoms with Gasteiger partial charge in [0.2, 0.25) is 0 Å². The van der Waals surface area contributed by atoms with Crippen molar-refractivity contribution in [1.82, 2.24) is 0 Å². The number of nitrogens with one attached hydrogen (secondary N) is 1. The summed E-state index contributed by atoms with van der Waals surface area (Å²) in [6.07, 6.45) is 0.794. The number of amides is 1. The van der Waals surface area contributed by atoms with Crippen molar-refractivity contribution in [2.75, 3.05) is 11.9 Å². The standard InChI is InChI=1S/C21H24N2O5/c1-4-14(2)20(16-8-6-5-7-9-16)21(25)28-13-19(24)22-18-11-10-17(23(26)27)12-15(18)3/h5-12,14,20H,4,13H2,1-3H3,(H,22,24)/t14-,20+/m1/s1. The summed E-state index contributed by atoms with van der Waals surface area (Å²) in [7, 11) is 0. The first kappa shape index (κ1) is 21.1. The number of aryl methyl sites for hydroxylation is 1. The molecule has 1 amide bonds. The van der Waals surface area contributed by atoms with Crippen molar-refractivity contribution in [3.05, 3.63) is 69.8 Å². The number of hydrogen-bond donors (Lipinski definition) is 1. The van der Waals surface area contributed by atoms with Crippen LogP contribution in [0.1, 0.15) is 37.3 Å². The zero-order chi connectivity index (χ0) is 20.7. The Bertz CT molecular complexity index is 851. The minimum Gasteiger partial charge on any atom is -0.455 e. The van der Waals surface area contributed by atoms with E-state index < -0.39 is 29.3 Å². The van der Waals surface area contributed by atoms with Gasteiger partial charge >= 0.3 is 5.97 Å². The van der Waals surface area contributed by atoms with Gasteiger partial charge in [-0.3, -0.25) is 19.7 Å². The molecule has 2 aromatic carbocycles. The van der Waals surface area contributed by atoms with Crippen LogP contribution in [-0.2, 0) is 14.3 Å². The highest BCUT2D eigenvalue weighted by Crippen LogP contribution is 2.28. The molecule has 2 atom stereocenters. The van der Waals surface area contributed by atoms with E-state index in [9.17, 15) is 19.7 Å². The summed E-state index contributed by atoms with van der Waals surface area (Å²) < 4.78 is 5.26. The molecule has 7 nitrogen and oxygen atoms in total. The van der Waals surface area contributed by atoms with Crippen LogP contribution in [0.15, 0.2) is 48.5 Å². The lowest BCUT2D eigenvalue weighted by molar-refractivity contribution is -0.384. The Balaban J connectivity index is 2.01. The van der Waals surface area contributed by atoms with Gasteiger partial charge in [-0.25, -0.2) is 0 Å². The Hall–Kier alpha value is -3.22. The van der Waals surface area contributed by atoms with Gasteiger partial charge in [0, 0.05) is 17.8 Å². The number of nitro groups is 1. The van der Waals surface area contributed by atoms with Crippen molar-refractivity contribution >= 4 is 23.3 Å². The number of carbonyl (C=O) groups is 2. The van der Waals surface area contributed by atoms with Crippen molar-refractivity contribution < 1.29 is 19.2 Å². The van der Waals surface area contributed by atoms with E-state index in [0.717, 1.165) is 12.0 Å². The number of non-ortho nitro benzene ring substituents is 1. The van der Waals surface area contributed by atoms with Crippen molar-refractivity contribution in [2.45, 2.75) is 33.1 Å². The van der Waals surface area contributed by atoms with Crippen LogP contribution in [0.4, 0.5) is 11.4 Å². The molecule has 0 bridgehead atoms. The molecule has 0 radical (unpaired) electrons. The van der Waals surface area contributed by atoms with Gasteiger partial charge in [-0.15, -0.1) is 0 Å². The summed E-state index contributed by atoms with van der Waals surface area (Å²) in [5.41, 5.74) is 1.79. The van der Waals surface area contributed by atoms with Crippen LogP contribution in [0.5, 0.6) is 0 Å². The fourth-order valence-corrected chi connectivity index (χ4v) is 2.91. The molecule has 148 valence electrons. The van der Waals surface area contributed by atoms with Gasteiger partial charge in [-0.1, -0.05) is 50.6 Å². The molecular weight excluding hydrogens is 360 g/mol. The maximum atomic E-state index is 12.6. The molecule has 0 heterocycles. The van der Waals surface area contributed by atoms with Gasteiger partial charge in [0.25, 0.3) is 11.6 Å². The van der Waals surface area contributed by atoms with Crippen LogP contribution >= 0.6 is 0 Å². The average Bonchev–Trinajstić information content (AvgIpc) is 2.68. The molecule has 2 rings (SSSR count). The number of hydrogen-bond acceptors (Lipinski definition) is 5. The molecule has 7 heteroatoms. The molecule has 0 fully saturated rings. The minimum atomic E-state index is -0.501. The van der Waals surface area contributed by atoms with Crippen molar-refractivity contribution in [2.24, 2.45) is 5.92 Å². The van der Waals surface area contributed by atoms with Crippen LogP contribution in [0, 0.1) is 23.0 Å². The van der Waals surface area contributed by atoms with Gasteiger partial charge in [0.15, 0.2) is 6.61 Å². The Labute approximate surface area is 163 Å². The van der Waals surface area contributed by atoms with Crippen molar-refractivity contribution in [3.8, 4) is 0 Å². The molecule has 0 aliphatic heterocycles. The molecule has 0 aliphatic carbocycles. The van der Waals surface area contributed by atoms with Crippen molar-refractivity contribution in [1.29, 1.82) is 0 Å². The fourth-order valence-electron chi connectivity index (χ4n) is 2.91. The van der Waals surface area contributed by atoms with E-state index >= 15 is 0 Å². The molecular formula is C21H24N2O5. The lowest BCUT2D eigenvalue weighted by Crippen LogP contribution is -2.27. The Kier molecular flexibility index (Phi) is 7.26. The fraction of sp³-hybridized carbons (Fsp3) is 0.333. The quantitative estimate of drug-likeness (QED) is 0.417. The van der Waals surface area contributed by atoms with E-state index in [1.807, 2.05) is 44.2 Å². The predicted molar refractivity (Wildman–Crippen MR) is 106 cm³/mol. The second kappa shape index (κ2) is 9.64. The Morgan fingerprint density at radius 3 is 2.43 bits per heavy atom. The maximum absolute atomic E-state index is 12.6. The summed E-state index contributed by atoms with van der Waals surface area (Å²) in [4.78, 5) is 35.1. The predicted octanol–water partition coefficient (Wildman–Crippen LogP) is 4.21. The second-order valence-corrected chi connectivity index (χ2v) is 6.69. The van der Waals surface area contributed by atoms with E-state index in [1.54, 1.807) is 6.92 Å². The maximum Gasteiger partial charge on any atom is 0.314 e. The first-order valence-electron chi connectivity index (χ1n) is 9.10. The minimum absolute atomic E-state index is 0.0545. The third-order valence-corrected chi connectivity index (χ3v) is 4.67. The smallest absolute Gasteiger partial charge is 0.314 e. The number of nitrogens with zero attached hydrogens (tertiary/aromatic N) is 1. The Morgan fingerprint density at radius 1 is 1.18 bits per heavy atom. The van der Waals surface area contributed by atoms with E-state index in [2.05, 4.69) is 5.32 Å². The summed E-state index contributed by atoms with van der Waals surface area (Å²) in [5, 5.41) is 13.4. The molecule has 0 aromatic heterocycles. The van der Waals surface area contributed by atoms with E-state index in [1.165, 1.54) is 18.2 Å². The van der Waals surface area contributed by atoms with Crippen LogP contribution in [0.25, 0.3) is 0 Å². The van der Waals surface area contributed by atoms with Crippen LogP contribution in [0.3, 0.4) is 0 Å². The van der Waals surface area contributed by atoms with Crippen LogP contribution < -0.4 is 5.32 Å². The summed E-state index contributed by atoms with van der Waals surface area (Å²) in [6.45, 7) is 5.20. The SMILES string of the molecule is CC[C@@H](C)[C@H](C(=O)OCC(=O)Nc1ccc([N+](=O)[O-])cc1C)c1ccccc1. The highest BCUT2D eigenvalue weighted by atomic mass is 16.6. The zero-order valence-electron chi connectivity index (χ0n) is 16.2. The van der Waals surface area contributed by atoms with E-state index in [0.29, 0.717) is 11.3 Å². The third-order valence-electron chi connectivity index (χ3n) is 4.67. The molecule has 2 aromatic rings. The topological polar surface area (TPSA) is 98.5 Å². The first-order valence-corrected chi connectivity index (χ1v) is 9.10. The molecule has 0 unspecified atom stereocenters. The number of nitro benzene ring substituents is 1. The van der Waals surface area contributed by atoms with Gasteiger partial charge in [0.1, 0.15) is 0 Å². The Morgan fingerprint density at radius 2 is 1.86 bits per heavy atom. The molecule has 0 spiro atoms. The lowest BCUT2D eigenvalue weighted by Gasteiger charge is -2.21. The monoisotopic (exact) mass is 384 g/mol. The van der Waals surface area contributed by atoms with Crippen molar-refractivity contribution in [3.63, 3.8) is 0 Å². The van der Waals surface area contributed by atoms with Crippen LogP contribution in [-0.4, -0.2) is 23.4 Å². The lowest BCUT2D eigenvalue weighted by atomic mass is 9.86.